The van der Waals surface area contributed by atoms with Crippen LogP contribution in [0.2, 0.25) is 0 Å². The average molecular weight is 395 g/mol. The van der Waals surface area contributed by atoms with Gasteiger partial charge in [-0.2, -0.15) is 0 Å². The van der Waals surface area contributed by atoms with Gasteiger partial charge in [-0.1, -0.05) is 22.0 Å². The molecule has 0 radical (unpaired) electrons. The molecule has 1 saturated carbocycles. The summed E-state index contributed by atoms with van der Waals surface area (Å²) in [5.74, 6) is -0.00443. The van der Waals surface area contributed by atoms with Crippen molar-refractivity contribution in [2.75, 3.05) is 7.11 Å². The molecule has 0 bridgehead atoms. The molecule has 1 aromatic rings. The number of rotatable bonds is 1. The van der Waals surface area contributed by atoms with Crippen LogP contribution in [0.1, 0.15) is 36.8 Å². The first kappa shape index (κ1) is 15.5. The number of thiocarbonyl (C=S) groups is 1. The van der Waals surface area contributed by atoms with Gasteiger partial charge in [0, 0.05) is 17.0 Å². The number of amides is 1. The van der Waals surface area contributed by atoms with Gasteiger partial charge in [-0.05, 0) is 67.6 Å². The Labute approximate surface area is 149 Å². The highest BCUT2D eigenvalue weighted by Gasteiger charge is 2.65. The first-order valence-electron chi connectivity index (χ1n) is 7.96. The lowest BCUT2D eigenvalue weighted by Crippen LogP contribution is -2.56. The van der Waals surface area contributed by atoms with Crippen molar-refractivity contribution in [2.24, 2.45) is 5.41 Å². The summed E-state index contributed by atoms with van der Waals surface area (Å²) >= 11 is 8.84. The van der Waals surface area contributed by atoms with Crippen LogP contribution in [0, 0.1) is 5.41 Å². The largest absolute Gasteiger partial charge is 0.381 e. The molecule has 1 aliphatic heterocycles. The second kappa shape index (κ2) is 5.26. The Hall–Kier alpha value is -0.980. The molecule has 1 aromatic carbocycles. The third-order valence-electron chi connectivity index (χ3n) is 5.89. The Morgan fingerprint density at radius 1 is 1.35 bits per heavy atom. The van der Waals surface area contributed by atoms with Crippen LogP contribution < -0.4 is 10.6 Å². The molecular weight excluding hydrogens is 376 g/mol. The van der Waals surface area contributed by atoms with E-state index < -0.39 is 5.54 Å². The van der Waals surface area contributed by atoms with E-state index in [-0.39, 0.29) is 11.3 Å². The van der Waals surface area contributed by atoms with Gasteiger partial charge in [-0.25, -0.2) is 0 Å². The fourth-order valence-corrected chi connectivity index (χ4v) is 5.39. The second-order valence-corrected chi connectivity index (χ2v) is 8.18. The molecule has 3 aliphatic rings. The monoisotopic (exact) mass is 394 g/mol. The zero-order chi connectivity index (χ0) is 16.2. The van der Waals surface area contributed by atoms with E-state index in [9.17, 15) is 4.79 Å². The van der Waals surface area contributed by atoms with Gasteiger partial charge in [0.25, 0.3) is 5.91 Å². The smallest absolute Gasteiger partial charge is 0.257 e. The summed E-state index contributed by atoms with van der Waals surface area (Å²) in [4.78, 5) is 13.0. The van der Waals surface area contributed by atoms with Crippen molar-refractivity contribution in [3.63, 3.8) is 0 Å². The molecule has 1 atom stereocenters. The van der Waals surface area contributed by atoms with Crippen molar-refractivity contribution < 1.29 is 9.53 Å². The molecule has 23 heavy (non-hydrogen) atoms. The van der Waals surface area contributed by atoms with Crippen LogP contribution in [0.3, 0.4) is 0 Å². The van der Waals surface area contributed by atoms with Gasteiger partial charge in [0.1, 0.15) is 0 Å². The number of fused-ring (bicyclic) bond motifs is 3. The normalized spacial score (nSPS) is 35.5. The number of nitrogens with one attached hydrogen (secondary N) is 2. The van der Waals surface area contributed by atoms with Crippen LogP contribution in [-0.2, 0) is 21.5 Å². The molecule has 2 aliphatic carbocycles. The van der Waals surface area contributed by atoms with Gasteiger partial charge in [0.15, 0.2) is 10.7 Å². The van der Waals surface area contributed by atoms with Gasteiger partial charge < -0.3 is 15.4 Å². The third-order valence-corrected chi connectivity index (χ3v) is 6.59. The van der Waals surface area contributed by atoms with Gasteiger partial charge in [-0.15, -0.1) is 0 Å². The zero-order valence-corrected chi connectivity index (χ0v) is 15.4. The van der Waals surface area contributed by atoms with Crippen molar-refractivity contribution in [1.82, 2.24) is 10.6 Å². The fourth-order valence-electron chi connectivity index (χ4n) is 4.78. The van der Waals surface area contributed by atoms with Crippen molar-refractivity contribution in [3.8, 4) is 0 Å². The average Bonchev–Trinajstić information content (AvgIpc) is 2.97. The van der Waals surface area contributed by atoms with Crippen LogP contribution >= 0.6 is 28.1 Å². The third kappa shape index (κ3) is 2.04. The number of carbonyl (C=O) groups is 1. The SMILES string of the molecule is COC1CCC2(CC1)Cc1ccc(Br)cc1C21NC(=S)NC1=O. The maximum atomic E-state index is 13.0. The van der Waals surface area contributed by atoms with Gasteiger partial charge >= 0.3 is 0 Å². The number of ether oxygens (including phenoxy) is 1. The molecule has 1 amide bonds. The molecule has 1 unspecified atom stereocenters. The molecule has 1 heterocycles. The molecule has 122 valence electrons. The number of benzene rings is 1. The Balaban J connectivity index is 1.85. The lowest BCUT2D eigenvalue weighted by Gasteiger charge is -2.46. The Bertz CT molecular complexity index is 700. The van der Waals surface area contributed by atoms with Crippen LogP contribution in [0.25, 0.3) is 0 Å². The lowest BCUT2D eigenvalue weighted by molar-refractivity contribution is -0.131. The topological polar surface area (TPSA) is 50.4 Å². The van der Waals surface area contributed by atoms with Crippen molar-refractivity contribution in [2.45, 2.75) is 43.7 Å². The van der Waals surface area contributed by atoms with Crippen LogP contribution in [-0.4, -0.2) is 24.2 Å². The maximum absolute atomic E-state index is 13.0. The maximum Gasteiger partial charge on any atom is 0.257 e. The van der Waals surface area contributed by atoms with E-state index in [0.29, 0.717) is 11.2 Å². The van der Waals surface area contributed by atoms with E-state index in [0.717, 1.165) is 42.1 Å². The summed E-state index contributed by atoms with van der Waals surface area (Å²) in [6.45, 7) is 0. The molecule has 1 saturated heterocycles. The van der Waals surface area contributed by atoms with Gasteiger partial charge in [-0.3, -0.25) is 4.79 Å². The van der Waals surface area contributed by atoms with Crippen molar-refractivity contribution in [1.29, 1.82) is 0 Å². The second-order valence-electron chi connectivity index (χ2n) is 6.85. The molecule has 0 aromatic heterocycles. The Morgan fingerprint density at radius 2 is 2.09 bits per heavy atom. The summed E-state index contributed by atoms with van der Waals surface area (Å²) in [5, 5.41) is 6.65. The van der Waals surface area contributed by atoms with Crippen LogP contribution in [0.5, 0.6) is 0 Å². The number of hydrogen-bond donors (Lipinski definition) is 2. The summed E-state index contributed by atoms with van der Waals surface area (Å²) in [7, 11) is 1.77. The molecule has 4 rings (SSSR count). The number of carbonyl (C=O) groups excluding carboxylic acids is 1. The molecule has 6 heteroatoms. The van der Waals surface area contributed by atoms with E-state index in [4.69, 9.17) is 17.0 Å². The summed E-state index contributed by atoms with van der Waals surface area (Å²) in [5.41, 5.74) is 1.45. The van der Waals surface area contributed by atoms with Gasteiger partial charge in [0.2, 0.25) is 0 Å². The van der Waals surface area contributed by atoms with E-state index in [1.54, 1.807) is 7.11 Å². The number of halogens is 1. The van der Waals surface area contributed by atoms with Crippen molar-refractivity contribution >= 4 is 39.2 Å². The fraction of sp³-hybridized carbons (Fsp3) is 0.529. The molecule has 2 N–H and O–H groups in total. The lowest BCUT2D eigenvalue weighted by atomic mass is 9.61. The Morgan fingerprint density at radius 3 is 2.70 bits per heavy atom. The minimum Gasteiger partial charge on any atom is -0.381 e. The van der Waals surface area contributed by atoms with E-state index in [2.05, 4.69) is 44.8 Å². The van der Waals surface area contributed by atoms with Crippen LogP contribution in [0.4, 0.5) is 0 Å². The summed E-state index contributed by atoms with van der Waals surface area (Å²) in [6.07, 6.45) is 5.09. The van der Waals surface area contributed by atoms with Crippen molar-refractivity contribution in [3.05, 3.63) is 33.8 Å². The Kier molecular flexibility index (Phi) is 3.55. The van der Waals surface area contributed by atoms with Gasteiger partial charge in [0.05, 0.1) is 6.10 Å². The molecule has 2 fully saturated rings. The van der Waals surface area contributed by atoms with E-state index >= 15 is 0 Å². The van der Waals surface area contributed by atoms with E-state index in [1.165, 1.54) is 5.56 Å². The highest BCUT2D eigenvalue weighted by Crippen LogP contribution is 2.59. The summed E-state index contributed by atoms with van der Waals surface area (Å²) in [6, 6.07) is 6.26. The molecule has 2 spiro atoms. The first-order chi connectivity index (χ1) is 11.0. The number of hydrogen-bond acceptors (Lipinski definition) is 3. The van der Waals surface area contributed by atoms with Crippen LogP contribution in [0.15, 0.2) is 22.7 Å². The first-order valence-corrected chi connectivity index (χ1v) is 9.16. The predicted molar refractivity (Wildman–Crippen MR) is 95.1 cm³/mol. The highest BCUT2D eigenvalue weighted by atomic mass is 79.9. The predicted octanol–water partition coefficient (Wildman–Crippen LogP) is 2.78. The standard InChI is InChI=1S/C17H19BrN2O2S/c1-22-12-4-6-16(7-5-12)9-10-2-3-11(18)8-13(10)17(16)14(21)19-15(23)20-17/h2-3,8,12H,4-7,9H2,1H3,(H2,19,20,21,23). The molecular formula is C17H19BrN2O2S. The quantitative estimate of drug-likeness (QED) is 0.719. The highest BCUT2D eigenvalue weighted by molar-refractivity contribution is 9.10. The molecule has 4 nitrogen and oxygen atoms in total. The number of methoxy groups -OCH3 is 1. The van der Waals surface area contributed by atoms with E-state index in [1.807, 2.05) is 0 Å². The minimum absolute atomic E-state index is 0.00443. The summed E-state index contributed by atoms with van der Waals surface area (Å²) < 4.78 is 6.53. The zero-order valence-electron chi connectivity index (χ0n) is 12.9. The minimum atomic E-state index is -0.734.